The highest BCUT2D eigenvalue weighted by Gasteiger charge is 2.20. The smallest absolute Gasteiger partial charge is 0.134 e. The fourth-order valence-electron chi connectivity index (χ4n) is 1.50. The average Bonchev–Trinajstić information content (AvgIpc) is 2.71. The van der Waals surface area contributed by atoms with Gasteiger partial charge in [-0.15, -0.1) is 0 Å². The first-order chi connectivity index (χ1) is 7.85. The van der Waals surface area contributed by atoms with Crippen molar-refractivity contribution in [3.05, 3.63) is 23.8 Å². The van der Waals surface area contributed by atoms with Gasteiger partial charge in [0.1, 0.15) is 23.8 Å². The summed E-state index contributed by atoms with van der Waals surface area (Å²) >= 11 is 0. The second-order valence-electron chi connectivity index (χ2n) is 3.38. The second-order valence-corrected chi connectivity index (χ2v) is 3.38. The van der Waals surface area contributed by atoms with E-state index < -0.39 is 0 Å². The summed E-state index contributed by atoms with van der Waals surface area (Å²) in [5, 5.41) is 11.8. The van der Waals surface area contributed by atoms with Crippen LogP contribution in [0.4, 0.5) is 4.39 Å². The average molecular weight is 225 g/mol. The van der Waals surface area contributed by atoms with Gasteiger partial charge in [0.15, 0.2) is 0 Å². The van der Waals surface area contributed by atoms with Crippen molar-refractivity contribution in [1.29, 1.82) is 0 Å². The van der Waals surface area contributed by atoms with Crippen LogP contribution >= 0.6 is 0 Å². The van der Waals surface area contributed by atoms with Gasteiger partial charge in [0.2, 0.25) is 0 Å². The van der Waals surface area contributed by atoms with Gasteiger partial charge in [0, 0.05) is 18.1 Å². The van der Waals surface area contributed by atoms with Crippen LogP contribution in [0.25, 0.3) is 0 Å². The molecule has 1 N–H and O–H groups in total. The van der Waals surface area contributed by atoms with Crippen molar-refractivity contribution in [1.82, 2.24) is 0 Å². The SMILES string of the molecule is O/N=C1/COc2cc(OCCCF)ccc21. The minimum Gasteiger partial charge on any atom is -0.493 e. The summed E-state index contributed by atoms with van der Waals surface area (Å²) in [4.78, 5) is 0. The van der Waals surface area contributed by atoms with Gasteiger partial charge in [-0.05, 0) is 12.1 Å². The van der Waals surface area contributed by atoms with E-state index in [1.807, 2.05) is 0 Å². The molecule has 0 atom stereocenters. The number of hydrogen-bond donors (Lipinski definition) is 1. The van der Waals surface area contributed by atoms with Gasteiger partial charge in [-0.3, -0.25) is 4.39 Å². The normalized spacial score (nSPS) is 15.9. The zero-order chi connectivity index (χ0) is 11.4. The van der Waals surface area contributed by atoms with E-state index in [0.717, 1.165) is 5.56 Å². The summed E-state index contributed by atoms with van der Waals surface area (Å²) in [5.74, 6) is 1.26. The number of rotatable bonds is 4. The van der Waals surface area contributed by atoms with Gasteiger partial charge in [0.25, 0.3) is 0 Å². The predicted octanol–water partition coefficient (Wildman–Crippen LogP) is 2.00. The van der Waals surface area contributed by atoms with E-state index in [4.69, 9.17) is 14.7 Å². The van der Waals surface area contributed by atoms with Crippen LogP contribution in [0.2, 0.25) is 0 Å². The zero-order valence-electron chi connectivity index (χ0n) is 8.65. The van der Waals surface area contributed by atoms with Crippen LogP contribution in [-0.2, 0) is 0 Å². The molecule has 0 saturated heterocycles. The lowest BCUT2D eigenvalue weighted by Gasteiger charge is -2.05. The van der Waals surface area contributed by atoms with Gasteiger partial charge in [-0.25, -0.2) is 0 Å². The van der Waals surface area contributed by atoms with Crippen LogP contribution in [0.1, 0.15) is 12.0 Å². The third kappa shape index (κ3) is 2.08. The van der Waals surface area contributed by atoms with E-state index >= 15 is 0 Å². The molecule has 0 amide bonds. The van der Waals surface area contributed by atoms with Crippen LogP contribution in [0.15, 0.2) is 23.4 Å². The first kappa shape index (κ1) is 10.7. The largest absolute Gasteiger partial charge is 0.493 e. The summed E-state index contributed by atoms with van der Waals surface area (Å²) in [6, 6.07) is 5.23. The van der Waals surface area contributed by atoms with E-state index in [2.05, 4.69) is 5.16 Å². The molecule has 86 valence electrons. The Morgan fingerprint density at radius 3 is 3.12 bits per heavy atom. The lowest BCUT2D eigenvalue weighted by Crippen LogP contribution is -2.01. The molecule has 4 nitrogen and oxygen atoms in total. The van der Waals surface area contributed by atoms with Crippen molar-refractivity contribution < 1.29 is 19.1 Å². The molecule has 1 aromatic rings. The van der Waals surface area contributed by atoms with E-state index in [0.29, 0.717) is 30.2 Å². The van der Waals surface area contributed by atoms with E-state index in [1.165, 1.54) is 0 Å². The summed E-state index contributed by atoms with van der Waals surface area (Å²) in [6.07, 6.45) is 0.376. The molecule has 0 aromatic heterocycles. The standard InChI is InChI=1S/C11H12FNO3/c12-4-1-5-15-8-2-3-9-10(13-14)7-16-11(9)6-8/h2-3,6,14H,1,4-5,7H2/b13-10-. The Kier molecular flexibility index (Phi) is 3.24. The number of alkyl halides is 1. The van der Waals surface area contributed by atoms with Crippen LogP contribution in [0.5, 0.6) is 11.5 Å². The van der Waals surface area contributed by atoms with Crippen molar-refractivity contribution in [3.8, 4) is 11.5 Å². The van der Waals surface area contributed by atoms with Crippen molar-refractivity contribution in [2.45, 2.75) is 6.42 Å². The Labute approximate surface area is 92.3 Å². The minimum atomic E-state index is -0.386. The summed E-state index contributed by atoms with van der Waals surface area (Å²) < 4.78 is 22.5. The Bertz CT molecular complexity index is 406. The molecule has 5 heteroatoms. The highest BCUT2D eigenvalue weighted by atomic mass is 19.1. The summed E-state index contributed by atoms with van der Waals surface area (Å²) in [6.45, 7) is 0.221. The number of benzene rings is 1. The molecule has 0 saturated carbocycles. The summed E-state index contributed by atoms with van der Waals surface area (Å²) in [7, 11) is 0. The van der Waals surface area contributed by atoms with Gasteiger partial charge < -0.3 is 14.7 Å². The van der Waals surface area contributed by atoms with Gasteiger partial charge in [0.05, 0.1) is 13.3 Å². The first-order valence-electron chi connectivity index (χ1n) is 5.02. The van der Waals surface area contributed by atoms with Crippen LogP contribution in [0, 0.1) is 0 Å². The quantitative estimate of drug-likeness (QED) is 0.484. The number of oxime groups is 1. The Balaban J connectivity index is 2.09. The molecule has 0 unspecified atom stereocenters. The molecule has 2 rings (SSSR count). The molecule has 1 aromatic carbocycles. The van der Waals surface area contributed by atoms with Crippen molar-refractivity contribution in [2.24, 2.45) is 5.16 Å². The fourth-order valence-corrected chi connectivity index (χ4v) is 1.50. The van der Waals surface area contributed by atoms with Crippen LogP contribution in [0.3, 0.4) is 0 Å². The molecule has 1 heterocycles. The van der Waals surface area contributed by atoms with Crippen molar-refractivity contribution in [3.63, 3.8) is 0 Å². The molecule has 0 aliphatic carbocycles. The molecule has 16 heavy (non-hydrogen) atoms. The first-order valence-corrected chi connectivity index (χ1v) is 5.02. The van der Waals surface area contributed by atoms with E-state index in [1.54, 1.807) is 18.2 Å². The molecule has 0 radical (unpaired) electrons. The fraction of sp³-hybridized carbons (Fsp3) is 0.364. The number of halogens is 1. The minimum absolute atomic E-state index is 0.264. The Morgan fingerprint density at radius 2 is 2.38 bits per heavy atom. The highest BCUT2D eigenvalue weighted by molar-refractivity contribution is 6.05. The molecular weight excluding hydrogens is 213 g/mol. The predicted molar refractivity (Wildman–Crippen MR) is 56.3 cm³/mol. The molecule has 0 spiro atoms. The molecule has 1 aliphatic rings. The lowest BCUT2D eigenvalue weighted by atomic mass is 10.1. The molecule has 0 fully saturated rings. The van der Waals surface area contributed by atoms with E-state index in [-0.39, 0.29) is 13.3 Å². The zero-order valence-corrected chi connectivity index (χ0v) is 8.65. The molecule has 0 bridgehead atoms. The Morgan fingerprint density at radius 1 is 1.50 bits per heavy atom. The highest BCUT2D eigenvalue weighted by Crippen LogP contribution is 2.29. The second kappa shape index (κ2) is 4.83. The third-order valence-electron chi connectivity index (χ3n) is 2.30. The number of ether oxygens (including phenoxy) is 2. The van der Waals surface area contributed by atoms with Gasteiger partial charge in [-0.1, -0.05) is 5.16 Å². The van der Waals surface area contributed by atoms with Crippen LogP contribution in [-0.4, -0.2) is 30.8 Å². The van der Waals surface area contributed by atoms with Crippen molar-refractivity contribution >= 4 is 5.71 Å². The number of nitrogens with zero attached hydrogens (tertiary/aromatic N) is 1. The topological polar surface area (TPSA) is 51.1 Å². The monoisotopic (exact) mass is 225 g/mol. The third-order valence-corrected chi connectivity index (χ3v) is 2.30. The summed E-state index contributed by atoms with van der Waals surface area (Å²) in [5.41, 5.74) is 1.27. The van der Waals surface area contributed by atoms with Crippen molar-refractivity contribution in [2.75, 3.05) is 19.9 Å². The molecule has 1 aliphatic heterocycles. The maximum atomic E-state index is 11.9. The maximum absolute atomic E-state index is 11.9. The lowest BCUT2D eigenvalue weighted by molar-refractivity contribution is 0.288. The maximum Gasteiger partial charge on any atom is 0.134 e. The van der Waals surface area contributed by atoms with Gasteiger partial charge in [-0.2, -0.15) is 0 Å². The molecular formula is C11H12FNO3. The number of fused-ring (bicyclic) bond motifs is 1. The van der Waals surface area contributed by atoms with Crippen LogP contribution < -0.4 is 9.47 Å². The number of hydrogen-bond acceptors (Lipinski definition) is 4. The van der Waals surface area contributed by atoms with E-state index in [9.17, 15) is 4.39 Å². The Hall–Kier alpha value is -1.78. The van der Waals surface area contributed by atoms with Gasteiger partial charge >= 0.3 is 0 Å².